The van der Waals surface area contributed by atoms with E-state index < -0.39 is 27.6 Å². The van der Waals surface area contributed by atoms with Crippen LogP contribution in [0.25, 0.3) is 11.1 Å². The van der Waals surface area contributed by atoms with Crippen LogP contribution in [-0.4, -0.2) is 64.3 Å². The molecule has 1 aliphatic carbocycles. The van der Waals surface area contributed by atoms with Crippen molar-refractivity contribution in [3.63, 3.8) is 0 Å². The molecule has 1 saturated carbocycles. The first-order valence-electron chi connectivity index (χ1n) is 13.3. The van der Waals surface area contributed by atoms with E-state index in [-0.39, 0.29) is 35.5 Å². The second kappa shape index (κ2) is 12.1. The van der Waals surface area contributed by atoms with Gasteiger partial charge in [0.2, 0.25) is 10.0 Å². The molecule has 9 nitrogen and oxygen atoms in total. The highest BCUT2D eigenvalue weighted by atomic mass is 32.2. The quantitative estimate of drug-likeness (QED) is 0.352. The zero-order valence-electron chi connectivity index (χ0n) is 23.1. The number of nitrogens with zero attached hydrogens (tertiary/aromatic N) is 1. The zero-order valence-corrected chi connectivity index (χ0v) is 23.9. The maximum absolute atomic E-state index is 14.7. The van der Waals surface area contributed by atoms with E-state index in [1.165, 1.54) is 18.2 Å². The number of likely N-dealkylation sites (tertiary alicyclic amines) is 1. The van der Waals surface area contributed by atoms with Gasteiger partial charge in [-0.05, 0) is 72.4 Å². The maximum Gasteiger partial charge on any atom is 0.264 e. The summed E-state index contributed by atoms with van der Waals surface area (Å²) in [6.07, 6.45) is 3.01. The van der Waals surface area contributed by atoms with E-state index >= 15 is 0 Å². The lowest BCUT2D eigenvalue weighted by Gasteiger charge is -2.38. The van der Waals surface area contributed by atoms with E-state index in [0.29, 0.717) is 48.1 Å². The third-order valence-electron chi connectivity index (χ3n) is 7.00. The SMILES string of the molecule is COC1CN(C(=O)c2cc(OCC3CC3)cc(-c3cc(F)cc(OCc4ccc(C(=O)NS(C)(=O)=O)cc4F)c3)c2)C1. The minimum atomic E-state index is -3.81. The second-order valence-corrected chi connectivity index (χ2v) is 12.3. The molecular weight excluding hydrogens is 570 g/mol. The third kappa shape index (κ3) is 7.42. The van der Waals surface area contributed by atoms with E-state index in [1.54, 1.807) is 41.0 Å². The molecule has 3 aromatic carbocycles. The van der Waals surface area contributed by atoms with Crippen molar-refractivity contribution in [2.75, 3.05) is 33.1 Å². The van der Waals surface area contributed by atoms with Gasteiger partial charge in [0.1, 0.15) is 29.7 Å². The summed E-state index contributed by atoms with van der Waals surface area (Å²) in [6.45, 7) is 1.21. The van der Waals surface area contributed by atoms with Crippen molar-refractivity contribution in [1.29, 1.82) is 0 Å². The van der Waals surface area contributed by atoms with Crippen LogP contribution in [0.1, 0.15) is 39.1 Å². The Kier molecular flexibility index (Phi) is 8.46. The Bertz CT molecular complexity index is 1620. The first-order valence-corrected chi connectivity index (χ1v) is 15.2. The van der Waals surface area contributed by atoms with E-state index in [2.05, 4.69) is 0 Å². The largest absolute Gasteiger partial charge is 0.493 e. The monoisotopic (exact) mass is 600 g/mol. The second-order valence-electron chi connectivity index (χ2n) is 10.5. The Balaban J connectivity index is 1.35. The number of methoxy groups -OCH3 is 1. The van der Waals surface area contributed by atoms with Crippen LogP contribution in [0.2, 0.25) is 0 Å². The molecule has 2 amide bonds. The number of hydrogen-bond donors (Lipinski definition) is 1. The Morgan fingerprint density at radius 2 is 1.62 bits per heavy atom. The van der Waals surface area contributed by atoms with Crippen LogP contribution in [0.3, 0.4) is 0 Å². The predicted octanol–water partition coefficient (Wildman–Crippen LogP) is 4.16. The van der Waals surface area contributed by atoms with Crippen LogP contribution < -0.4 is 14.2 Å². The third-order valence-corrected chi connectivity index (χ3v) is 7.55. The number of halogens is 2. The van der Waals surface area contributed by atoms with Crippen molar-refractivity contribution in [2.45, 2.75) is 25.6 Å². The molecule has 1 saturated heterocycles. The molecule has 0 spiro atoms. The highest BCUT2D eigenvalue weighted by molar-refractivity contribution is 7.89. The van der Waals surface area contributed by atoms with Crippen LogP contribution >= 0.6 is 0 Å². The van der Waals surface area contributed by atoms with Gasteiger partial charge in [0.25, 0.3) is 11.8 Å². The molecule has 0 radical (unpaired) electrons. The lowest BCUT2D eigenvalue weighted by molar-refractivity contribution is -0.0192. The van der Waals surface area contributed by atoms with Crippen LogP contribution in [0, 0.1) is 17.6 Å². The summed E-state index contributed by atoms with van der Waals surface area (Å²) in [7, 11) is -2.21. The number of nitrogens with one attached hydrogen (secondary N) is 1. The van der Waals surface area contributed by atoms with Crippen molar-refractivity contribution in [2.24, 2.45) is 5.92 Å². The summed E-state index contributed by atoms with van der Waals surface area (Å²) in [6, 6.07) is 12.6. The minimum Gasteiger partial charge on any atom is -0.493 e. The van der Waals surface area contributed by atoms with Gasteiger partial charge >= 0.3 is 0 Å². The van der Waals surface area contributed by atoms with Crippen molar-refractivity contribution in [3.05, 3.63) is 82.9 Å². The number of carbonyl (C=O) groups excluding carboxylic acids is 2. The molecule has 12 heteroatoms. The van der Waals surface area contributed by atoms with E-state index in [1.807, 2.05) is 0 Å². The molecule has 5 rings (SSSR count). The molecular formula is C30H30F2N2O7S. The van der Waals surface area contributed by atoms with E-state index in [9.17, 15) is 26.8 Å². The molecule has 1 heterocycles. The Hall–Kier alpha value is -4.03. The number of rotatable bonds is 11. The minimum absolute atomic E-state index is 0.00340. The summed E-state index contributed by atoms with van der Waals surface area (Å²) in [4.78, 5) is 26.8. The van der Waals surface area contributed by atoms with Gasteiger partial charge in [-0.25, -0.2) is 21.9 Å². The summed E-state index contributed by atoms with van der Waals surface area (Å²) >= 11 is 0. The van der Waals surface area contributed by atoms with Crippen LogP contribution in [0.15, 0.2) is 54.6 Å². The molecule has 0 aromatic heterocycles. The molecule has 0 atom stereocenters. The van der Waals surface area contributed by atoms with Gasteiger partial charge in [-0.1, -0.05) is 6.07 Å². The predicted molar refractivity (Wildman–Crippen MR) is 150 cm³/mol. The zero-order chi connectivity index (χ0) is 30.0. The van der Waals surface area contributed by atoms with Gasteiger partial charge in [-0.15, -0.1) is 0 Å². The van der Waals surface area contributed by atoms with Crippen LogP contribution in [0.5, 0.6) is 11.5 Å². The summed E-state index contributed by atoms with van der Waals surface area (Å²) in [5, 5.41) is 0. The first kappa shape index (κ1) is 29.5. The first-order chi connectivity index (χ1) is 20.0. The van der Waals surface area contributed by atoms with E-state index in [4.69, 9.17) is 14.2 Å². The van der Waals surface area contributed by atoms with Crippen molar-refractivity contribution in [3.8, 4) is 22.6 Å². The van der Waals surface area contributed by atoms with Gasteiger partial charge in [-0.3, -0.25) is 9.59 Å². The highest BCUT2D eigenvalue weighted by Crippen LogP contribution is 2.34. The van der Waals surface area contributed by atoms with Gasteiger partial charge in [-0.2, -0.15) is 0 Å². The van der Waals surface area contributed by atoms with Crippen LogP contribution in [-0.2, 0) is 21.4 Å². The maximum atomic E-state index is 14.7. The number of ether oxygens (including phenoxy) is 3. The van der Waals surface area contributed by atoms with Crippen molar-refractivity contribution in [1.82, 2.24) is 9.62 Å². The lowest BCUT2D eigenvalue weighted by atomic mass is 10.0. The fourth-order valence-electron chi connectivity index (χ4n) is 4.41. The molecule has 2 fully saturated rings. The fraction of sp³-hybridized carbons (Fsp3) is 0.333. The molecule has 1 N–H and O–H groups in total. The molecule has 42 heavy (non-hydrogen) atoms. The molecule has 3 aromatic rings. The van der Waals surface area contributed by atoms with E-state index in [0.717, 1.165) is 31.2 Å². The summed E-state index contributed by atoms with van der Waals surface area (Å²) < 4.78 is 70.7. The van der Waals surface area contributed by atoms with Crippen LogP contribution in [0.4, 0.5) is 8.78 Å². The Morgan fingerprint density at radius 1 is 0.929 bits per heavy atom. The number of sulfonamides is 1. The van der Waals surface area contributed by atoms with Crippen molar-refractivity contribution < 1.29 is 41.0 Å². The molecule has 2 aliphatic rings. The summed E-state index contributed by atoms with van der Waals surface area (Å²) in [5.74, 6) is -1.43. The summed E-state index contributed by atoms with van der Waals surface area (Å²) in [5.41, 5.74) is 1.28. The molecule has 0 bridgehead atoms. The molecule has 0 unspecified atom stereocenters. The van der Waals surface area contributed by atoms with Gasteiger partial charge in [0.05, 0.1) is 19.0 Å². The van der Waals surface area contributed by atoms with Crippen molar-refractivity contribution >= 4 is 21.8 Å². The fourth-order valence-corrected chi connectivity index (χ4v) is 4.87. The Labute approximate surface area is 242 Å². The average molecular weight is 601 g/mol. The van der Waals surface area contributed by atoms with Gasteiger partial charge < -0.3 is 19.1 Å². The Morgan fingerprint density at radius 3 is 2.26 bits per heavy atom. The van der Waals surface area contributed by atoms with Gasteiger partial charge in [0, 0.05) is 43.0 Å². The molecule has 222 valence electrons. The number of amides is 2. The smallest absolute Gasteiger partial charge is 0.264 e. The standard InChI is InChI=1S/C30H30F2N2O7S/c1-39-27-14-34(15-27)30(36)23-7-21(9-25(11-23)40-16-18-3-4-18)22-8-24(31)13-26(10-22)41-17-20-6-5-19(12-28(20)32)29(35)33-42(2,37)38/h5-13,18,27H,3-4,14-17H2,1-2H3,(H,33,35). The molecule has 1 aliphatic heterocycles. The number of hydrogen-bond acceptors (Lipinski definition) is 7. The number of carbonyl (C=O) groups is 2. The average Bonchev–Trinajstić information content (AvgIpc) is 3.74. The number of benzene rings is 3. The topological polar surface area (TPSA) is 111 Å². The highest BCUT2D eigenvalue weighted by Gasteiger charge is 2.31. The van der Waals surface area contributed by atoms with Gasteiger partial charge in [0.15, 0.2) is 0 Å². The lowest BCUT2D eigenvalue weighted by Crippen LogP contribution is -2.54. The normalized spacial score (nSPS) is 15.2.